The lowest BCUT2D eigenvalue weighted by atomic mass is 10.2. The quantitative estimate of drug-likeness (QED) is 0.925. The molecule has 2 rings (SSSR count). The van der Waals surface area contributed by atoms with Crippen LogP contribution in [0.3, 0.4) is 0 Å². The third-order valence-electron chi connectivity index (χ3n) is 2.86. The fourth-order valence-corrected chi connectivity index (χ4v) is 3.97. The van der Waals surface area contributed by atoms with Crippen molar-refractivity contribution in [3.63, 3.8) is 0 Å². The highest BCUT2D eigenvalue weighted by Gasteiger charge is 2.21. The Bertz CT molecular complexity index is 616. The second-order valence-electron chi connectivity index (χ2n) is 4.11. The van der Waals surface area contributed by atoms with Crippen LogP contribution in [0.1, 0.15) is 12.5 Å². The molecule has 1 heterocycles. The van der Waals surface area contributed by atoms with E-state index in [9.17, 15) is 8.42 Å². The van der Waals surface area contributed by atoms with Gasteiger partial charge in [-0.3, -0.25) is 0 Å². The first-order chi connectivity index (χ1) is 8.04. The van der Waals surface area contributed by atoms with Crippen LogP contribution in [0, 0.1) is 0 Å². The molecule has 1 aromatic heterocycles. The number of thiophene rings is 1. The van der Waals surface area contributed by atoms with Crippen LogP contribution in [-0.2, 0) is 15.6 Å². The van der Waals surface area contributed by atoms with E-state index in [2.05, 4.69) is 0 Å². The summed E-state index contributed by atoms with van der Waals surface area (Å²) in [6.45, 7) is 1.83. The van der Waals surface area contributed by atoms with E-state index in [-0.39, 0.29) is 12.3 Å². The monoisotopic (exact) mass is 269 g/mol. The highest BCUT2D eigenvalue weighted by molar-refractivity contribution is 7.91. The molecule has 1 atom stereocenters. The molecule has 0 radical (unpaired) electrons. The molecule has 0 fully saturated rings. The first-order valence-corrected chi connectivity index (χ1v) is 8.01. The Balaban J connectivity index is 2.37. The van der Waals surface area contributed by atoms with E-state index >= 15 is 0 Å². The second-order valence-corrected chi connectivity index (χ2v) is 7.44. The summed E-state index contributed by atoms with van der Waals surface area (Å²) in [5.41, 5.74) is 6.30. The fourth-order valence-electron chi connectivity index (χ4n) is 1.65. The van der Waals surface area contributed by atoms with Crippen molar-refractivity contribution in [2.45, 2.75) is 17.9 Å². The molecule has 0 aliphatic rings. The van der Waals surface area contributed by atoms with Gasteiger partial charge < -0.3 is 5.73 Å². The smallest absolute Gasteiger partial charge is 0.158 e. The van der Waals surface area contributed by atoms with Crippen molar-refractivity contribution >= 4 is 31.3 Å². The molecule has 0 amide bonds. The molecule has 0 aliphatic carbocycles. The topological polar surface area (TPSA) is 60.2 Å². The van der Waals surface area contributed by atoms with Gasteiger partial charge in [0.1, 0.15) is 0 Å². The first-order valence-electron chi connectivity index (χ1n) is 5.41. The van der Waals surface area contributed by atoms with Gasteiger partial charge in [-0.1, -0.05) is 18.2 Å². The van der Waals surface area contributed by atoms with Crippen LogP contribution in [0.4, 0.5) is 0 Å². The van der Waals surface area contributed by atoms with Crippen LogP contribution in [0.2, 0.25) is 0 Å². The average Bonchev–Trinajstić information content (AvgIpc) is 2.71. The number of hydrogen-bond acceptors (Lipinski definition) is 4. The molecule has 3 nitrogen and oxygen atoms in total. The van der Waals surface area contributed by atoms with Gasteiger partial charge in [-0.25, -0.2) is 8.42 Å². The van der Waals surface area contributed by atoms with Gasteiger partial charge in [0, 0.05) is 11.2 Å². The van der Waals surface area contributed by atoms with Crippen LogP contribution in [0.15, 0.2) is 29.6 Å². The van der Waals surface area contributed by atoms with E-state index in [1.807, 2.05) is 29.6 Å². The summed E-state index contributed by atoms with van der Waals surface area (Å²) in [7, 11) is -3.14. The van der Waals surface area contributed by atoms with Crippen molar-refractivity contribution < 1.29 is 8.42 Å². The maximum absolute atomic E-state index is 12.0. The molecule has 0 aliphatic heterocycles. The molecule has 2 N–H and O–H groups in total. The Kier molecular flexibility index (Phi) is 3.51. The minimum absolute atomic E-state index is 0.0787. The van der Waals surface area contributed by atoms with E-state index < -0.39 is 15.1 Å². The molecular formula is C12H15NO2S2. The lowest BCUT2D eigenvalue weighted by molar-refractivity contribution is 0.583. The van der Waals surface area contributed by atoms with Crippen LogP contribution in [0.5, 0.6) is 0 Å². The number of sulfone groups is 1. The minimum Gasteiger partial charge on any atom is -0.329 e. The highest BCUT2D eigenvalue weighted by Crippen LogP contribution is 2.27. The van der Waals surface area contributed by atoms with Crippen LogP contribution < -0.4 is 5.73 Å². The molecule has 0 spiro atoms. The van der Waals surface area contributed by atoms with Crippen molar-refractivity contribution in [2.24, 2.45) is 5.73 Å². The largest absolute Gasteiger partial charge is 0.329 e. The van der Waals surface area contributed by atoms with Crippen molar-refractivity contribution in [2.75, 3.05) is 6.54 Å². The molecule has 1 aromatic carbocycles. The summed E-state index contributed by atoms with van der Waals surface area (Å²) in [4.78, 5) is 0. The summed E-state index contributed by atoms with van der Waals surface area (Å²) in [6, 6.07) is 7.85. The summed E-state index contributed by atoms with van der Waals surface area (Å²) in [6.07, 6.45) is 0. The summed E-state index contributed by atoms with van der Waals surface area (Å²) in [5.74, 6) is 0.0787. The van der Waals surface area contributed by atoms with Crippen molar-refractivity contribution in [3.05, 3.63) is 35.2 Å². The Morgan fingerprint density at radius 2 is 2.06 bits per heavy atom. The zero-order chi connectivity index (χ0) is 12.5. The van der Waals surface area contributed by atoms with Crippen LogP contribution >= 0.6 is 11.3 Å². The van der Waals surface area contributed by atoms with Gasteiger partial charge in [-0.05, 0) is 29.3 Å². The van der Waals surface area contributed by atoms with E-state index in [1.165, 1.54) is 0 Å². The van der Waals surface area contributed by atoms with E-state index in [0.29, 0.717) is 0 Å². The third kappa shape index (κ3) is 2.51. The molecule has 92 valence electrons. The average molecular weight is 269 g/mol. The second kappa shape index (κ2) is 4.76. The van der Waals surface area contributed by atoms with Gasteiger partial charge in [-0.2, -0.15) is 0 Å². The minimum atomic E-state index is -3.14. The predicted octanol–water partition coefficient (Wildman–Crippen LogP) is 2.16. The fraction of sp³-hybridized carbons (Fsp3) is 0.333. The molecule has 0 bridgehead atoms. The Hall–Kier alpha value is -0.910. The van der Waals surface area contributed by atoms with Crippen molar-refractivity contribution in [1.29, 1.82) is 0 Å². The maximum Gasteiger partial charge on any atom is 0.158 e. The first kappa shape index (κ1) is 12.5. The van der Waals surface area contributed by atoms with Gasteiger partial charge in [0.05, 0.1) is 11.0 Å². The lowest BCUT2D eigenvalue weighted by Crippen LogP contribution is -2.27. The van der Waals surface area contributed by atoms with Gasteiger partial charge in [-0.15, -0.1) is 11.3 Å². The number of benzene rings is 1. The highest BCUT2D eigenvalue weighted by atomic mass is 32.2. The number of hydrogen-bond donors (Lipinski definition) is 1. The summed E-state index contributed by atoms with van der Waals surface area (Å²) < 4.78 is 25.1. The molecule has 0 saturated heterocycles. The van der Waals surface area contributed by atoms with Gasteiger partial charge in [0.2, 0.25) is 0 Å². The van der Waals surface area contributed by atoms with E-state index in [4.69, 9.17) is 5.73 Å². The summed E-state index contributed by atoms with van der Waals surface area (Å²) >= 11 is 1.58. The van der Waals surface area contributed by atoms with Crippen LogP contribution in [0.25, 0.3) is 10.1 Å². The number of nitrogens with two attached hydrogens (primary N) is 1. The predicted molar refractivity (Wildman–Crippen MR) is 73.0 cm³/mol. The molecule has 5 heteroatoms. The number of rotatable bonds is 4. The molecular weight excluding hydrogens is 254 g/mol. The standard InChI is InChI=1S/C12H15NO2S2/c1-9(6-13)17(14,15)8-10-7-16-12-5-3-2-4-11(10)12/h2-5,7,9H,6,8,13H2,1H3. The number of fused-ring (bicyclic) bond motifs is 1. The zero-order valence-corrected chi connectivity index (χ0v) is 11.2. The summed E-state index contributed by atoms with van der Waals surface area (Å²) in [5, 5.41) is 2.47. The van der Waals surface area contributed by atoms with E-state index in [0.717, 1.165) is 15.6 Å². The molecule has 2 aromatic rings. The Morgan fingerprint density at radius 3 is 2.76 bits per heavy atom. The van der Waals surface area contributed by atoms with Gasteiger partial charge in [0.15, 0.2) is 9.84 Å². The van der Waals surface area contributed by atoms with Crippen molar-refractivity contribution in [3.8, 4) is 0 Å². The van der Waals surface area contributed by atoms with E-state index in [1.54, 1.807) is 18.3 Å². The van der Waals surface area contributed by atoms with Gasteiger partial charge in [0.25, 0.3) is 0 Å². The maximum atomic E-state index is 12.0. The lowest BCUT2D eigenvalue weighted by Gasteiger charge is -2.09. The zero-order valence-electron chi connectivity index (χ0n) is 9.59. The Morgan fingerprint density at radius 1 is 1.35 bits per heavy atom. The third-order valence-corrected chi connectivity index (χ3v) is 6.01. The van der Waals surface area contributed by atoms with Gasteiger partial charge >= 0.3 is 0 Å². The normalized spacial score (nSPS) is 14.0. The van der Waals surface area contributed by atoms with Crippen molar-refractivity contribution in [1.82, 2.24) is 0 Å². The SMILES string of the molecule is CC(CN)S(=O)(=O)Cc1csc2ccccc12. The Labute approximate surface area is 105 Å². The molecule has 17 heavy (non-hydrogen) atoms. The molecule has 1 unspecified atom stereocenters. The van der Waals surface area contributed by atoms with Crippen LogP contribution in [-0.4, -0.2) is 20.2 Å². The molecule has 0 saturated carbocycles.